The smallest absolute Gasteiger partial charge is 0.242 e. The van der Waals surface area contributed by atoms with Crippen LogP contribution in [0.15, 0.2) is 59.6 Å². The van der Waals surface area contributed by atoms with Gasteiger partial charge in [0.15, 0.2) is 11.0 Å². The highest BCUT2D eigenvalue weighted by atomic mass is 32.2. The zero-order chi connectivity index (χ0) is 20.1. The van der Waals surface area contributed by atoms with Gasteiger partial charge < -0.3 is 5.32 Å². The van der Waals surface area contributed by atoms with E-state index in [1.807, 2.05) is 25.1 Å². The number of nitrogens with one attached hydrogen (secondary N) is 1. The van der Waals surface area contributed by atoms with Crippen LogP contribution < -0.4 is 5.32 Å². The number of aliphatic imine (C=N–C) groups is 1. The molecule has 0 aromatic heterocycles. The van der Waals surface area contributed by atoms with E-state index in [9.17, 15) is 14.4 Å². The van der Waals surface area contributed by atoms with Crippen molar-refractivity contribution in [2.75, 3.05) is 11.9 Å². The summed E-state index contributed by atoms with van der Waals surface area (Å²) in [5.41, 5.74) is 1.98. The number of benzene rings is 2. The average Bonchev–Trinajstić information content (AvgIpc) is 2.97. The van der Waals surface area contributed by atoms with Gasteiger partial charge in [-0.1, -0.05) is 30.0 Å². The van der Waals surface area contributed by atoms with Crippen LogP contribution in [-0.4, -0.2) is 39.5 Å². The van der Waals surface area contributed by atoms with Crippen LogP contribution >= 0.6 is 11.8 Å². The molecule has 1 fully saturated rings. The minimum atomic E-state index is -0.501. The van der Waals surface area contributed by atoms with Crippen molar-refractivity contribution in [3.63, 3.8) is 0 Å². The minimum Gasteiger partial charge on any atom is -0.326 e. The lowest BCUT2D eigenvalue weighted by Gasteiger charge is -2.13. The number of anilines is 1. The second-order valence-corrected chi connectivity index (χ2v) is 7.47. The number of thioether (sulfide) groups is 1. The number of carbonyl (C=O) groups excluding carboxylic acids is 3. The summed E-state index contributed by atoms with van der Waals surface area (Å²) in [6.07, 6.45) is 0.0805. The lowest BCUT2D eigenvalue weighted by atomic mass is 10.1. The number of para-hydroxylation sites is 1. The van der Waals surface area contributed by atoms with Gasteiger partial charge in [0.25, 0.3) is 0 Å². The predicted molar refractivity (Wildman–Crippen MR) is 112 cm³/mol. The molecule has 0 aliphatic carbocycles. The molecule has 0 spiro atoms. The second kappa shape index (κ2) is 8.84. The number of amidine groups is 1. The molecule has 7 heteroatoms. The van der Waals surface area contributed by atoms with Gasteiger partial charge in [0.05, 0.1) is 5.69 Å². The first-order valence-corrected chi connectivity index (χ1v) is 9.88. The number of rotatable bonds is 6. The Kier molecular flexibility index (Phi) is 6.26. The molecule has 1 saturated heterocycles. The standard InChI is InChI=1S/C21H21N3O3S/c1-3-24-20(27)18(13-19(26)22-16-7-5-4-6-8-16)28-21(24)23-17-11-9-15(10-12-17)14(2)25/h4-12,18H,3,13H2,1-2H3,(H,22,26). The molecular weight excluding hydrogens is 374 g/mol. The highest BCUT2D eigenvalue weighted by Crippen LogP contribution is 2.31. The molecule has 1 unspecified atom stereocenters. The van der Waals surface area contributed by atoms with Crippen molar-refractivity contribution in [3.8, 4) is 0 Å². The lowest BCUT2D eigenvalue weighted by Crippen LogP contribution is -2.33. The number of carbonyl (C=O) groups is 3. The van der Waals surface area contributed by atoms with Crippen molar-refractivity contribution in [2.24, 2.45) is 4.99 Å². The van der Waals surface area contributed by atoms with Crippen LogP contribution in [0.1, 0.15) is 30.6 Å². The van der Waals surface area contributed by atoms with Gasteiger partial charge in [0.2, 0.25) is 11.8 Å². The maximum atomic E-state index is 12.7. The van der Waals surface area contributed by atoms with Crippen LogP contribution in [0.5, 0.6) is 0 Å². The Morgan fingerprint density at radius 3 is 2.39 bits per heavy atom. The Labute approximate surface area is 168 Å². The molecule has 6 nitrogen and oxygen atoms in total. The number of hydrogen-bond donors (Lipinski definition) is 1. The van der Waals surface area contributed by atoms with Crippen LogP contribution in [0, 0.1) is 0 Å². The monoisotopic (exact) mass is 395 g/mol. The summed E-state index contributed by atoms with van der Waals surface area (Å²) in [4.78, 5) is 42.5. The molecule has 0 saturated carbocycles. The van der Waals surface area contributed by atoms with Crippen molar-refractivity contribution in [1.29, 1.82) is 0 Å². The van der Waals surface area contributed by atoms with Crippen molar-refractivity contribution in [3.05, 3.63) is 60.2 Å². The number of hydrogen-bond acceptors (Lipinski definition) is 5. The molecule has 2 aromatic rings. The molecule has 3 rings (SSSR count). The zero-order valence-electron chi connectivity index (χ0n) is 15.7. The molecule has 28 heavy (non-hydrogen) atoms. The molecule has 1 N–H and O–H groups in total. The van der Waals surface area contributed by atoms with E-state index in [2.05, 4.69) is 10.3 Å². The van der Waals surface area contributed by atoms with Gasteiger partial charge in [-0.25, -0.2) is 4.99 Å². The molecule has 1 atom stereocenters. The summed E-state index contributed by atoms with van der Waals surface area (Å²) >= 11 is 1.29. The number of Topliss-reactive ketones (excluding diaryl/α,β-unsaturated/α-hetero) is 1. The van der Waals surface area contributed by atoms with E-state index >= 15 is 0 Å². The Bertz CT molecular complexity index is 910. The van der Waals surface area contributed by atoms with E-state index < -0.39 is 5.25 Å². The number of amides is 2. The highest BCUT2D eigenvalue weighted by Gasteiger charge is 2.38. The molecule has 1 aliphatic rings. The molecule has 2 amide bonds. The van der Waals surface area contributed by atoms with Gasteiger partial charge in [0, 0.05) is 24.2 Å². The summed E-state index contributed by atoms with van der Waals surface area (Å²) in [5.74, 6) is -0.334. The first kappa shape index (κ1) is 19.8. The fourth-order valence-electron chi connectivity index (χ4n) is 2.80. The maximum Gasteiger partial charge on any atom is 0.242 e. The van der Waals surface area contributed by atoms with Crippen LogP contribution in [0.25, 0.3) is 0 Å². The van der Waals surface area contributed by atoms with Crippen molar-refractivity contribution in [1.82, 2.24) is 4.90 Å². The molecule has 1 heterocycles. The van der Waals surface area contributed by atoms with E-state index in [1.54, 1.807) is 41.3 Å². The fourth-order valence-corrected chi connectivity index (χ4v) is 4.02. The Hall–Kier alpha value is -2.93. The van der Waals surface area contributed by atoms with Crippen LogP contribution in [0.2, 0.25) is 0 Å². The lowest BCUT2D eigenvalue weighted by molar-refractivity contribution is -0.128. The van der Waals surface area contributed by atoms with E-state index in [0.29, 0.717) is 28.7 Å². The molecule has 144 valence electrons. The van der Waals surface area contributed by atoms with Crippen molar-refractivity contribution in [2.45, 2.75) is 25.5 Å². The Morgan fingerprint density at radius 2 is 1.79 bits per heavy atom. The van der Waals surface area contributed by atoms with Crippen LogP contribution in [0.3, 0.4) is 0 Å². The predicted octanol–water partition coefficient (Wildman–Crippen LogP) is 3.87. The van der Waals surface area contributed by atoms with Gasteiger partial charge in [-0.05, 0) is 50.2 Å². The van der Waals surface area contributed by atoms with E-state index in [-0.39, 0.29) is 24.0 Å². The SMILES string of the molecule is CCN1C(=O)C(CC(=O)Nc2ccccc2)SC1=Nc1ccc(C(C)=O)cc1. The van der Waals surface area contributed by atoms with Gasteiger partial charge >= 0.3 is 0 Å². The Balaban J connectivity index is 1.71. The summed E-state index contributed by atoms with van der Waals surface area (Å²) in [7, 11) is 0. The van der Waals surface area contributed by atoms with Gasteiger partial charge in [-0.2, -0.15) is 0 Å². The summed E-state index contributed by atoms with van der Waals surface area (Å²) < 4.78 is 0. The summed E-state index contributed by atoms with van der Waals surface area (Å²) in [6, 6.07) is 16.1. The van der Waals surface area contributed by atoms with Gasteiger partial charge in [0.1, 0.15) is 5.25 Å². The highest BCUT2D eigenvalue weighted by molar-refractivity contribution is 8.15. The quantitative estimate of drug-likeness (QED) is 0.753. The third-order valence-corrected chi connectivity index (χ3v) is 5.44. The second-order valence-electron chi connectivity index (χ2n) is 6.30. The first-order valence-electron chi connectivity index (χ1n) is 9.00. The topological polar surface area (TPSA) is 78.8 Å². The number of ketones is 1. The summed E-state index contributed by atoms with van der Waals surface area (Å²) in [6.45, 7) is 3.86. The molecular formula is C21H21N3O3S. The third-order valence-electron chi connectivity index (χ3n) is 4.26. The van der Waals surface area contributed by atoms with E-state index in [1.165, 1.54) is 18.7 Å². The fraction of sp³-hybridized carbons (Fsp3) is 0.238. The largest absolute Gasteiger partial charge is 0.326 e. The molecule has 0 radical (unpaired) electrons. The zero-order valence-corrected chi connectivity index (χ0v) is 16.5. The van der Waals surface area contributed by atoms with Crippen LogP contribution in [0.4, 0.5) is 11.4 Å². The van der Waals surface area contributed by atoms with E-state index in [4.69, 9.17) is 0 Å². The molecule has 0 bridgehead atoms. The molecule has 2 aromatic carbocycles. The maximum absolute atomic E-state index is 12.7. The van der Waals surface area contributed by atoms with Gasteiger partial charge in [-0.15, -0.1) is 0 Å². The third kappa shape index (κ3) is 4.67. The normalized spacial score (nSPS) is 17.8. The van der Waals surface area contributed by atoms with Crippen molar-refractivity contribution >= 4 is 45.9 Å². The van der Waals surface area contributed by atoms with E-state index in [0.717, 1.165) is 0 Å². The van der Waals surface area contributed by atoms with Gasteiger partial charge in [-0.3, -0.25) is 19.3 Å². The van der Waals surface area contributed by atoms with Crippen molar-refractivity contribution < 1.29 is 14.4 Å². The average molecular weight is 395 g/mol. The summed E-state index contributed by atoms with van der Waals surface area (Å²) in [5, 5.41) is 2.88. The van der Waals surface area contributed by atoms with Crippen LogP contribution in [-0.2, 0) is 9.59 Å². The number of nitrogens with zero attached hydrogens (tertiary/aromatic N) is 2. The minimum absolute atomic E-state index is 0.00991. The molecule has 1 aliphatic heterocycles. The first-order chi connectivity index (χ1) is 13.5. The Morgan fingerprint density at radius 1 is 1.11 bits per heavy atom.